The number of para-hydroxylation sites is 1. The smallest absolute Gasteiger partial charge is 0.227 e. The normalized spacial score (nSPS) is 10.6. The number of anilines is 1. The molecule has 0 atom stereocenters. The first-order valence-electron chi connectivity index (χ1n) is 6.86. The first-order valence-corrected chi connectivity index (χ1v) is 6.86. The van der Waals surface area contributed by atoms with Crippen molar-refractivity contribution in [2.45, 2.75) is 13.3 Å². The summed E-state index contributed by atoms with van der Waals surface area (Å²) in [5.74, 6) is 2.05. The number of nitrogens with one attached hydrogen (secondary N) is 1. The number of fused-ring (bicyclic) bond motifs is 1. The predicted molar refractivity (Wildman–Crippen MR) is 82.8 cm³/mol. The van der Waals surface area contributed by atoms with Crippen molar-refractivity contribution in [2.24, 2.45) is 0 Å². The number of aromatic nitrogens is 3. The third-order valence-corrected chi connectivity index (χ3v) is 3.30. The molecule has 3 aromatic rings. The molecule has 0 aliphatic carbocycles. The first kappa shape index (κ1) is 13.3. The fourth-order valence-electron chi connectivity index (χ4n) is 2.28. The predicted octanol–water partition coefficient (Wildman–Crippen LogP) is 3.42. The van der Waals surface area contributed by atoms with Gasteiger partial charge in [0.1, 0.15) is 17.7 Å². The topological polar surface area (TPSA) is 59.9 Å². The molecule has 0 spiro atoms. The van der Waals surface area contributed by atoms with Gasteiger partial charge in [0.05, 0.1) is 5.56 Å². The number of rotatable bonds is 4. The lowest BCUT2D eigenvalue weighted by Gasteiger charge is -2.12. The van der Waals surface area contributed by atoms with Crippen molar-refractivity contribution in [3.05, 3.63) is 48.4 Å². The third-order valence-electron chi connectivity index (χ3n) is 3.30. The maximum Gasteiger partial charge on any atom is 0.227 e. The summed E-state index contributed by atoms with van der Waals surface area (Å²) in [6.07, 6.45) is 4.04. The van der Waals surface area contributed by atoms with Gasteiger partial charge < -0.3 is 10.1 Å². The van der Waals surface area contributed by atoms with E-state index in [1.807, 2.05) is 44.3 Å². The summed E-state index contributed by atoms with van der Waals surface area (Å²) in [6, 6.07) is 9.78. The summed E-state index contributed by atoms with van der Waals surface area (Å²) in [6.45, 7) is 2.05. The second kappa shape index (κ2) is 5.75. The Hall–Kier alpha value is -2.69. The minimum Gasteiger partial charge on any atom is -0.436 e. The molecule has 2 heterocycles. The third kappa shape index (κ3) is 2.50. The van der Waals surface area contributed by atoms with E-state index >= 15 is 0 Å². The largest absolute Gasteiger partial charge is 0.436 e. The Morgan fingerprint density at radius 2 is 1.95 bits per heavy atom. The number of pyridine rings is 1. The Balaban J connectivity index is 2.07. The Bertz CT molecular complexity index is 768. The van der Waals surface area contributed by atoms with Crippen LogP contribution in [0.1, 0.15) is 12.5 Å². The zero-order chi connectivity index (χ0) is 14.7. The molecule has 0 unspecified atom stereocenters. The van der Waals surface area contributed by atoms with Crippen molar-refractivity contribution in [3.63, 3.8) is 0 Å². The Kier molecular flexibility index (Phi) is 3.64. The Morgan fingerprint density at radius 1 is 1.10 bits per heavy atom. The van der Waals surface area contributed by atoms with Crippen molar-refractivity contribution < 1.29 is 4.74 Å². The minimum atomic E-state index is 0.565. The highest BCUT2D eigenvalue weighted by Crippen LogP contribution is 2.31. The maximum atomic E-state index is 6.00. The molecule has 0 amide bonds. The van der Waals surface area contributed by atoms with E-state index in [-0.39, 0.29) is 0 Å². The van der Waals surface area contributed by atoms with Crippen molar-refractivity contribution in [3.8, 4) is 11.6 Å². The fraction of sp³-hybridized carbons (Fsp3) is 0.188. The van der Waals surface area contributed by atoms with Crippen LogP contribution >= 0.6 is 0 Å². The van der Waals surface area contributed by atoms with Crippen LogP contribution in [0.25, 0.3) is 10.9 Å². The molecule has 0 aliphatic rings. The van der Waals surface area contributed by atoms with Gasteiger partial charge in [0.2, 0.25) is 5.88 Å². The molecule has 0 fully saturated rings. The number of nitrogens with zero attached hydrogens (tertiary/aromatic N) is 3. The zero-order valence-electron chi connectivity index (χ0n) is 12.0. The molecule has 3 rings (SSSR count). The van der Waals surface area contributed by atoms with Crippen LogP contribution in [0.4, 0.5) is 5.82 Å². The van der Waals surface area contributed by atoms with Crippen molar-refractivity contribution >= 4 is 16.7 Å². The van der Waals surface area contributed by atoms with Crippen LogP contribution in [0.3, 0.4) is 0 Å². The van der Waals surface area contributed by atoms with E-state index in [4.69, 9.17) is 4.74 Å². The maximum absolute atomic E-state index is 6.00. The van der Waals surface area contributed by atoms with Gasteiger partial charge in [-0.3, -0.25) is 4.98 Å². The molecule has 0 radical (unpaired) electrons. The van der Waals surface area contributed by atoms with E-state index in [9.17, 15) is 0 Å². The SMILES string of the molecule is CCc1c(NC)ncnc1Oc1cccc2cccnc12. The highest BCUT2D eigenvalue weighted by molar-refractivity contribution is 5.84. The van der Waals surface area contributed by atoms with Crippen LogP contribution in [0.2, 0.25) is 0 Å². The van der Waals surface area contributed by atoms with Crippen LogP contribution in [0, 0.1) is 0 Å². The average Bonchev–Trinajstić information content (AvgIpc) is 2.55. The Morgan fingerprint density at radius 3 is 2.76 bits per heavy atom. The van der Waals surface area contributed by atoms with E-state index in [1.54, 1.807) is 6.20 Å². The Labute approximate surface area is 123 Å². The summed E-state index contributed by atoms with van der Waals surface area (Å²) in [5.41, 5.74) is 1.78. The van der Waals surface area contributed by atoms with Crippen LogP contribution < -0.4 is 10.1 Å². The summed E-state index contributed by atoms with van der Waals surface area (Å²) < 4.78 is 6.00. The molecule has 1 aromatic carbocycles. The van der Waals surface area contributed by atoms with E-state index < -0.39 is 0 Å². The lowest BCUT2D eigenvalue weighted by Crippen LogP contribution is -2.02. The number of ether oxygens (including phenoxy) is 1. The number of benzene rings is 1. The molecule has 106 valence electrons. The first-order chi connectivity index (χ1) is 10.3. The monoisotopic (exact) mass is 280 g/mol. The molecular formula is C16H16N4O. The van der Waals surface area contributed by atoms with Gasteiger partial charge in [-0.2, -0.15) is 0 Å². The molecule has 2 aromatic heterocycles. The molecule has 0 saturated heterocycles. The van der Waals surface area contributed by atoms with Gasteiger partial charge in [0.15, 0.2) is 5.75 Å². The van der Waals surface area contributed by atoms with E-state index in [2.05, 4.69) is 20.3 Å². The van der Waals surface area contributed by atoms with Crippen LogP contribution in [-0.4, -0.2) is 22.0 Å². The van der Waals surface area contributed by atoms with Crippen molar-refractivity contribution in [1.29, 1.82) is 0 Å². The lowest BCUT2D eigenvalue weighted by atomic mass is 10.2. The zero-order valence-corrected chi connectivity index (χ0v) is 12.0. The van der Waals surface area contributed by atoms with Gasteiger partial charge >= 0.3 is 0 Å². The second-order valence-corrected chi connectivity index (χ2v) is 4.54. The van der Waals surface area contributed by atoms with Crippen LogP contribution in [-0.2, 0) is 6.42 Å². The van der Waals surface area contributed by atoms with E-state index in [1.165, 1.54) is 6.33 Å². The molecule has 5 nitrogen and oxygen atoms in total. The van der Waals surface area contributed by atoms with Crippen LogP contribution in [0.5, 0.6) is 11.6 Å². The molecule has 1 N–H and O–H groups in total. The van der Waals surface area contributed by atoms with Gasteiger partial charge in [-0.15, -0.1) is 0 Å². The van der Waals surface area contributed by atoms with E-state index in [0.29, 0.717) is 11.6 Å². The molecule has 5 heteroatoms. The molecule has 0 aliphatic heterocycles. The number of hydrogen-bond donors (Lipinski definition) is 1. The summed E-state index contributed by atoms with van der Waals surface area (Å²) >= 11 is 0. The molecule has 21 heavy (non-hydrogen) atoms. The summed E-state index contributed by atoms with van der Waals surface area (Å²) in [5, 5.41) is 4.10. The molecule has 0 saturated carbocycles. The fourth-order valence-corrected chi connectivity index (χ4v) is 2.28. The van der Waals surface area contributed by atoms with Gasteiger partial charge in [0, 0.05) is 18.6 Å². The second-order valence-electron chi connectivity index (χ2n) is 4.54. The molecular weight excluding hydrogens is 264 g/mol. The van der Waals surface area contributed by atoms with E-state index in [0.717, 1.165) is 28.7 Å². The minimum absolute atomic E-state index is 0.565. The highest BCUT2D eigenvalue weighted by Gasteiger charge is 2.12. The van der Waals surface area contributed by atoms with Crippen LogP contribution in [0.15, 0.2) is 42.9 Å². The van der Waals surface area contributed by atoms with Crippen molar-refractivity contribution in [2.75, 3.05) is 12.4 Å². The molecule has 0 bridgehead atoms. The van der Waals surface area contributed by atoms with Gasteiger partial charge in [-0.1, -0.05) is 25.1 Å². The van der Waals surface area contributed by atoms with Gasteiger partial charge in [-0.05, 0) is 18.6 Å². The number of hydrogen-bond acceptors (Lipinski definition) is 5. The summed E-state index contributed by atoms with van der Waals surface area (Å²) in [7, 11) is 1.84. The van der Waals surface area contributed by atoms with Gasteiger partial charge in [-0.25, -0.2) is 9.97 Å². The highest BCUT2D eigenvalue weighted by atomic mass is 16.5. The summed E-state index contributed by atoms with van der Waals surface area (Å²) in [4.78, 5) is 12.9. The average molecular weight is 280 g/mol. The standard InChI is InChI=1S/C16H16N4O/c1-3-12-15(17-2)19-10-20-16(12)21-13-8-4-6-11-7-5-9-18-14(11)13/h4-10H,3H2,1-2H3,(H,17,19,20). The quantitative estimate of drug-likeness (QED) is 0.793. The lowest BCUT2D eigenvalue weighted by molar-refractivity contribution is 0.459. The van der Waals surface area contributed by atoms with Gasteiger partial charge in [0.25, 0.3) is 0 Å². The van der Waals surface area contributed by atoms with Crippen molar-refractivity contribution in [1.82, 2.24) is 15.0 Å².